The van der Waals surface area contributed by atoms with E-state index in [2.05, 4.69) is 24.1 Å². The lowest BCUT2D eigenvalue weighted by molar-refractivity contribution is 0.273. The van der Waals surface area contributed by atoms with Crippen LogP contribution in [-0.2, 0) is 0 Å². The maximum Gasteiger partial charge on any atom is 0.156 e. The van der Waals surface area contributed by atoms with E-state index >= 15 is 0 Å². The zero-order chi connectivity index (χ0) is 12.1. The van der Waals surface area contributed by atoms with Crippen LogP contribution in [0.1, 0.15) is 39.5 Å². The van der Waals surface area contributed by atoms with Gasteiger partial charge in [-0.05, 0) is 38.8 Å². The Hall–Kier alpha value is -0.220. The number of aliphatic imine (C=N–C) groups is 1. The first-order valence-corrected chi connectivity index (χ1v) is 7.99. The number of rotatable bonds is 4. The average Bonchev–Trinajstić information content (AvgIpc) is 2.84. The highest BCUT2D eigenvalue weighted by atomic mass is 32.2. The van der Waals surface area contributed by atoms with E-state index in [4.69, 9.17) is 4.99 Å². The molecule has 0 saturated carbocycles. The second-order valence-corrected chi connectivity index (χ2v) is 6.04. The fourth-order valence-corrected chi connectivity index (χ4v) is 3.70. The van der Waals surface area contributed by atoms with Crippen LogP contribution in [0.5, 0.6) is 0 Å². The van der Waals surface area contributed by atoms with Gasteiger partial charge in [-0.1, -0.05) is 25.6 Å². The number of hydrogen-bond donors (Lipinski definition) is 1. The standard InChI is InChI=1S/C13H25N3S/c1-3-11-7-9-17-13(15-11)14-10-12-6-5-8-16(12)4-2/h11-12H,3-10H2,1-2H3,(H,14,15). The van der Waals surface area contributed by atoms with E-state index in [-0.39, 0.29) is 0 Å². The van der Waals surface area contributed by atoms with Gasteiger partial charge in [0.15, 0.2) is 5.17 Å². The van der Waals surface area contributed by atoms with Gasteiger partial charge in [0.2, 0.25) is 0 Å². The number of hydrogen-bond acceptors (Lipinski definition) is 3. The number of thioether (sulfide) groups is 1. The summed E-state index contributed by atoms with van der Waals surface area (Å²) < 4.78 is 0. The summed E-state index contributed by atoms with van der Waals surface area (Å²) in [5, 5.41) is 4.74. The van der Waals surface area contributed by atoms with E-state index in [0.717, 1.165) is 6.54 Å². The maximum absolute atomic E-state index is 4.79. The van der Waals surface area contributed by atoms with Crippen molar-refractivity contribution in [1.29, 1.82) is 0 Å². The van der Waals surface area contributed by atoms with E-state index in [1.807, 2.05) is 11.8 Å². The van der Waals surface area contributed by atoms with E-state index in [1.54, 1.807) is 0 Å². The molecule has 0 aromatic carbocycles. The highest BCUT2D eigenvalue weighted by Gasteiger charge is 2.23. The largest absolute Gasteiger partial charge is 0.362 e. The predicted molar refractivity (Wildman–Crippen MR) is 76.9 cm³/mol. The first-order chi connectivity index (χ1) is 8.33. The quantitative estimate of drug-likeness (QED) is 0.835. The maximum atomic E-state index is 4.79. The molecule has 1 N–H and O–H groups in total. The van der Waals surface area contributed by atoms with Crippen LogP contribution in [0.3, 0.4) is 0 Å². The molecule has 0 spiro atoms. The molecular formula is C13H25N3S. The number of nitrogens with zero attached hydrogens (tertiary/aromatic N) is 2. The van der Waals surface area contributed by atoms with E-state index in [0.29, 0.717) is 12.1 Å². The number of likely N-dealkylation sites (N-methyl/N-ethyl adjacent to an activating group) is 1. The van der Waals surface area contributed by atoms with Crippen LogP contribution in [0.2, 0.25) is 0 Å². The molecule has 2 aliphatic heterocycles. The zero-order valence-electron chi connectivity index (χ0n) is 11.1. The van der Waals surface area contributed by atoms with Crippen LogP contribution in [0.15, 0.2) is 4.99 Å². The normalized spacial score (nSPS) is 32.9. The Kier molecular flexibility index (Phi) is 5.16. The third-order valence-electron chi connectivity index (χ3n) is 3.88. The molecule has 4 heteroatoms. The number of likely N-dealkylation sites (tertiary alicyclic amines) is 1. The molecule has 2 unspecified atom stereocenters. The third-order valence-corrected chi connectivity index (χ3v) is 4.84. The van der Waals surface area contributed by atoms with Gasteiger partial charge in [0.05, 0.1) is 6.54 Å². The minimum Gasteiger partial charge on any atom is -0.362 e. The molecule has 2 rings (SSSR count). The van der Waals surface area contributed by atoms with E-state index < -0.39 is 0 Å². The monoisotopic (exact) mass is 255 g/mol. The van der Waals surface area contributed by atoms with E-state index in [1.165, 1.54) is 49.7 Å². The van der Waals surface area contributed by atoms with E-state index in [9.17, 15) is 0 Å². The molecule has 0 aliphatic carbocycles. The Morgan fingerprint density at radius 2 is 2.29 bits per heavy atom. The van der Waals surface area contributed by atoms with Crippen molar-refractivity contribution in [3.8, 4) is 0 Å². The molecule has 0 amide bonds. The van der Waals surface area contributed by atoms with Gasteiger partial charge in [-0.3, -0.25) is 9.89 Å². The summed E-state index contributed by atoms with van der Waals surface area (Å²) in [6.45, 7) is 7.94. The molecule has 2 fully saturated rings. The summed E-state index contributed by atoms with van der Waals surface area (Å²) in [7, 11) is 0. The van der Waals surface area contributed by atoms with Gasteiger partial charge in [-0.15, -0.1) is 0 Å². The van der Waals surface area contributed by atoms with Gasteiger partial charge in [0.25, 0.3) is 0 Å². The molecular weight excluding hydrogens is 230 g/mol. The third kappa shape index (κ3) is 3.62. The van der Waals surface area contributed by atoms with Crippen molar-refractivity contribution in [3.05, 3.63) is 0 Å². The summed E-state index contributed by atoms with van der Waals surface area (Å²) in [6.07, 6.45) is 5.17. The summed E-state index contributed by atoms with van der Waals surface area (Å²) in [5.74, 6) is 1.23. The van der Waals surface area contributed by atoms with Crippen LogP contribution in [0, 0.1) is 0 Å². The van der Waals surface area contributed by atoms with Crippen LogP contribution >= 0.6 is 11.8 Å². The van der Waals surface area contributed by atoms with Crippen molar-refractivity contribution < 1.29 is 0 Å². The summed E-state index contributed by atoms with van der Waals surface area (Å²) in [4.78, 5) is 7.35. The van der Waals surface area contributed by atoms with Crippen molar-refractivity contribution in [2.75, 3.05) is 25.4 Å². The smallest absolute Gasteiger partial charge is 0.156 e. The highest BCUT2D eigenvalue weighted by molar-refractivity contribution is 8.13. The highest BCUT2D eigenvalue weighted by Crippen LogP contribution is 2.19. The Morgan fingerprint density at radius 3 is 3.06 bits per heavy atom. The van der Waals surface area contributed by atoms with Gasteiger partial charge in [0, 0.05) is 17.8 Å². The first-order valence-electron chi connectivity index (χ1n) is 7.01. The molecule has 2 aliphatic rings. The molecule has 2 heterocycles. The molecule has 2 atom stereocenters. The molecule has 0 bridgehead atoms. The SMILES string of the molecule is CCC1CCSC(=NCC2CCCN2CC)N1. The fraction of sp³-hybridized carbons (Fsp3) is 0.923. The molecule has 3 nitrogen and oxygen atoms in total. The Bertz CT molecular complexity index is 267. The lowest BCUT2D eigenvalue weighted by Crippen LogP contribution is -2.38. The first kappa shape index (κ1) is 13.2. The van der Waals surface area contributed by atoms with Crippen molar-refractivity contribution in [3.63, 3.8) is 0 Å². The Morgan fingerprint density at radius 1 is 1.41 bits per heavy atom. The average molecular weight is 255 g/mol. The predicted octanol–water partition coefficient (Wildman–Crippen LogP) is 2.33. The lowest BCUT2D eigenvalue weighted by Gasteiger charge is -2.25. The molecule has 0 aromatic rings. The second-order valence-electron chi connectivity index (χ2n) is 4.96. The van der Waals surface area contributed by atoms with Gasteiger partial charge in [0.1, 0.15) is 0 Å². The van der Waals surface area contributed by atoms with Gasteiger partial charge >= 0.3 is 0 Å². The minimum absolute atomic E-state index is 0.654. The topological polar surface area (TPSA) is 27.6 Å². The fourth-order valence-electron chi connectivity index (χ4n) is 2.69. The Balaban J connectivity index is 1.82. The summed E-state index contributed by atoms with van der Waals surface area (Å²) in [6, 6.07) is 1.35. The van der Waals surface area contributed by atoms with Crippen LogP contribution in [-0.4, -0.2) is 47.5 Å². The number of amidine groups is 1. The summed E-state index contributed by atoms with van der Waals surface area (Å²) >= 11 is 1.89. The lowest BCUT2D eigenvalue weighted by atomic mass is 10.2. The van der Waals surface area contributed by atoms with Gasteiger partial charge in [-0.25, -0.2) is 0 Å². The Labute approximate surface area is 109 Å². The molecule has 98 valence electrons. The minimum atomic E-state index is 0.654. The second kappa shape index (κ2) is 6.64. The zero-order valence-corrected chi connectivity index (χ0v) is 11.9. The van der Waals surface area contributed by atoms with Crippen LogP contribution < -0.4 is 5.32 Å². The molecule has 2 saturated heterocycles. The van der Waals surface area contributed by atoms with Gasteiger partial charge in [-0.2, -0.15) is 0 Å². The molecule has 0 radical (unpaired) electrons. The van der Waals surface area contributed by atoms with Crippen molar-refractivity contribution >= 4 is 16.9 Å². The van der Waals surface area contributed by atoms with Crippen molar-refractivity contribution in [2.24, 2.45) is 4.99 Å². The van der Waals surface area contributed by atoms with Crippen molar-refractivity contribution in [1.82, 2.24) is 10.2 Å². The van der Waals surface area contributed by atoms with Crippen LogP contribution in [0.25, 0.3) is 0 Å². The van der Waals surface area contributed by atoms with Crippen LogP contribution in [0.4, 0.5) is 0 Å². The summed E-state index contributed by atoms with van der Waals surface area (Å²) in [5.41, 5.74) is 0. The molecule has 17 heavy (non-hydrogen) atoms. The van der Waals surface area contributed by atoms with Crippen molar-refractivity contribution in [2.45, 2.75) is 51.6 Å². The molecule has 0 aromatic heterocycles. The van der Waals surface area contributed by atoms with Gasteiger partial charge < -0.3 is 5.32 Å². The number of nitrogens with one attached hydrogen (secondary N) is 1.